The van der Waals surface area contributed by atoms with Crippen LogP contribution in [0, 0.1) is 0 Å². The van der Waals surface area contributed by atoms with Crippen LogP contribution in [0.5, 0.6) is 5.75 Å². The van der Waals surface area contributed by atoms with Gasteiger partial charge in [-0.25, -0.2) is 0 Å². The van der Waals surface area contributed by atoms with Gasteiger partial charge in [0.15, 0.2) is 0 Å². The number of benzene rings is 1. The number of carbonyl (C=O) groups is 1. The molecule has 0 bridgehead atoms. The summed E-state index contributed by atoms with van der Waals surface area (Å²) in [6.07, 6.45) is 0. The first kappa shape index (κ1) is 13.8. The van der Waals surface area contributed by atoms with E-state index in [-0.39, 0.29) is 11.9 Å². The molecule has 0 saturated carbocycles. The van der Waals surface area contributed by atoms with Crippen molar-refractivity contribution >= 4 is 5.91 Å². The third-order valence-corrected chi connectivity index (χ3v) is 3.41. The number of nitrogens with one attached hydrogen (secondary N) is 1. The molecule has 0 spiro atoms. The van der Waals surface area contributed by atoms with E-state index in [9.17, 15) is 4.79 Å². The van der Waals surface area contributed by atoms with Crippen LogP contribution in [-0.4, -0.2) is 43.1 Å². The maximum absolute atomic E-state index is 11.5. The quantitative estimate of drug-likeness (QED) is 0.804. The molecule has 104 valence electrons. The van der Waals surface area contributed by atoms with Crippen LogP contribution in [0.2, 0.25) is 0 Å². The zero-order valence-electron chi connectivity index (χ0n) is 11.3. The van der Waals surface area contributed by atoms with Gasteiger partial charge in [-0.1, -0.05) is 12.1 Å². The van der Waals surface area contributed by atoms with Gasteiger partial charge in [0, 0.05) is 26.2 Å². The average molecular weight is 263 g/mol. The minimum atomic E-state index is -0.0762. The molecule has 0 aliphatic carbocycles. The van der Waals surface area contributed by atoms with Crippen molar-refractivity contribution in [1.29, 1.82) is 0 Å². The van der Waals surface area contributed by atoms with Gasteiger partial charge in [0.1, 0.15) is 12.4 Å². The Balaban J connectivity index is 1.81. The summed E-state index contributed by atoms with van der Waals surface area (Å²) in [6, 6.07) is 7.71. The van der Waals surface area contributed by atoms with Gasteiger partial charge in [-0.05, 0) is 24.6 Å². The van der Waals surface area contributed by atoms with Crippen LogP contribution in [0.1, 0.15) is 12.5 Å². The highest BCUT2D eigenvalue weighted by Gasteiger charge is 2.24. The first-order valence-corrected chi connectivity index (χ1v) is 6.64. The lowest BCUT2D eigenvalue weighted by atomic mass is 10.2. The van der Waals surface area contributed by atoms with Crippen molar-refractivity contribution < 1.29 is 9.53 Å². The zero-order chi connectivity index (χ0) is 13.7. The molecule has 1 aliphatic heterocycles. The van der Waals surface area contributed by atoms with E-state index < -0.39 is 0 Å². The van der Waals surface area contributed by atoms with Gasteiger partial charge in [-0.3, -0.25) is 9.69 Å². The van der Waals surface area contributed by atoms with E-state index in [1.807, 2.05) is 31.2 Å². The summed E-state index contributed by atoms with van der Waals surface area (Å²) in [5.74, 6) is 0.924. The van der Waals surface area contributed by atoms with Gasteiger partial charge in [0.2, 0.25) is 5.91 Å². The standard InChI is InChI=1S/C14H21N3O2/c1-11-14(18)16-5-6-17(11)7-8-19-13-4-2-3-12(9-13)10-15/h2-4,9,11H,5-8,10,15H2,1H3,(H,16,18). The molecule has 1 atom stereocenters. The fourth-order valence-electron chi connectivity index (χ4n) is 2.18. The predicted molar refractivity (Wildman–Crippen MR) is 73.9 cm³/mol. The lowest BCUT2D eigenvalue weighted by molar-refractivity contribution is -0.128. The monoisotopic (exact) mass is 263 g/mol. The number of rotatable bonds is 5. The van der Waals surface area contributed by atoms with E-state index in [0.29, 0.717) is 19.7 Å². The molecule has 1 fully saturated rings. The fraction of sp³-hybridized carbons (Fsp3) is 0.500. The molecule has 5 nitrogen and oxygen atoms in total. The summed E-state index contributed by atoms with van der Waals surface area (Å²) >= 11 is 0. The van der Waals surface area contributed by atoms with E-state index in [0.717, 1.165) is 24.4 Å². The number of hydrogen-bond acceptors (Lipinski definition) is 4. The van der Waals surface area contributed by atoms with Crippen LogP contribution in [-0.2, 0) is 11.3 Å². The maximum atomic E-state index is 11.5. The number of hydrogen-bond donors (Lipinski definition) is 2. The van der Waals surface area contributed by atoms with Crippen LogP contribution in [0.4, 0.5) is 0 Å². The number of nitrogens with zero attached hydrogens (tertiary/aromatic N) is 1. The third kappa shape index (κ3) is 3.68. The second kappa shape index (κ2) is 6.54. The maximum Gasteiger partial charge on any atom is 0.237 e. The van der Waals surface area contributed by atoms with Crippen molar-refractivity contribution in [3.63, 3.8) is 0 Å². The van der Waals surface area contributed by atoms with Gasteiger partial charge >= 0.3 is 0 Å². The van der Waals surface area contributed by atoms with Crippen LogP contribution < -0.4 is 15.8 Å². The molecular weight excluding hydrogens is 242 g/mol. The minimum Gasteiger partial charge on any atom is -0.492 e. The summed E-state index contributed by atoms with van der Waals surface area (Å²) in [7, 11) is 0. The second-order valence-corrected chi connectivity index (χ2v) is 4.70. The van der Waals surface area contributed by atoms with E-state index >= 15 is 0 Å². The van der Waals surface area contributed by atoms with Crippen LogP contribution in [0.25, 0.3) is 0 Å². The van der Waals surface area contributed by atoms with Crippen LogP contribution in [0.3, 0.4) is 0 Å². The van der Waals surface area contributed by atoms with E-state index in [1.54, 1.807) is 0 Å². The highest BCUT2D eigenvalue weighted by Crippen LogP contribution is 2.13. The molecule has 5 heteroatoms. The predicted octanol–water partition coefficient (Wildman–Crippen LogP) is 0.344. The van der Waals surface area contributed by atoms with Gasteiger partial charge in [-0.15, -0.1) is 0 Å². The van der Waals surface area contributed by atoms with Gasteiger partial charge in [-0.2, -0.15) is 0 Å². The van der Waals surface area contributed by atoms with Crippen molar-refractivity contribution in [2.45, 2.75) is 19.5 Å². The summed E-state index contributed by atoms with van der Waals surface area (Å²) in [5.41, 5.74) is 6.65. The van der Waals surface area contributed by atoms with Gasteiger partial charge < -0.3 is 15.8 Å². The summed E-state index contributed by atoms with van der Waals surface area (Å²) in [4.78, 5) is 13.6. The molecule has 1 heterocycles. The van der Waals surface area contributed by atoms with Crippen molar-refractivity contribution in [2.75, 3.05) is 26.2 Å². The van der Waals surface area contributed by atoms with E-state index in [1.165, 1.54) is 0 Å². The smallest absolute Gasteiger partial charge is 0.237 e. The zero-order valence-corrected chi connectivity index (χ0v) is 11.3. The Bertz CT molecular complexity index is 436. The lowest BCUT2D eigenvalue weighted by Gasteiger charge is -2.32. The van der Waals surface area contributed by atoms with E-state index in [2.05, 4.69) is 10.2 Å². The van der Waals surface area contributed by atoms with Crippen molar-refractivity contribution in [3.8, 4) is 5.75 Å². The molecule has 1 aromatic rings. The molecule has 0 aromatic heterocycles. The minimum absolute atomic E-state index is 0.0762. The average Bonchev–Trinajstić information content (AvgIpc) is 2.44. The normalized spacial score (nSPS) is 20.1. The fourth-order valence-corrected chi connectivity index (χ4v) is 2.18. The molecule has 1 aromatic carbocycles. The highest BCUT2D eigenvalue weighted by atomic mass is 16.5. The van der Waals surface area contributed by atoms with Crippen molar-refractivity contribution in [1.82, 2.24) is 10.2 Å². The Morgan fingerprint density at radius 2 is 2.37 bits per heavy atom. The molecule has 0 radical (unpaired) electrons. The lowest BCUT2D eigenvalue weighted by Crippen LogP contribution is -2.54. The number of nitrogens with two attached hydrogens (primary N) is 1. The van der Waals surface area contributed by atoms with Crippen molar-refractivity contribution in [3.05, 3.63) is 29.8 Å². The number of amides is 1. The molecule has 3 N–H and O–H groups in total. The SMILES string of the molecule is CC1C(=O)NCCN1CCOc1cccc(CN)c1. The first-order chi connectivity index (χ1) is 9.20. The Morgan fingerprint density at radius 3 is 3.16 bits per heavy atom. The summed E-state index contributed by atoms with van der Waals surface area (Å²) < 4.78 is 5.71. The summed E-state index contributed by atoms with van der Waals surface area (Å²) in [5, 5.41) is 2.85. The Kier molecular flexibility index (Phi) is 4.76. The molecule has 1 aliphatic rings. The molecule has 2 rings (SSSR count). The van der Waals surface area contributed by atoms with Crippen LogP contribution >= 0.6 is 0 Å². The molecule has 19 heavy (non-hydrogen) atoms. The highest BCUT2D eigenvalue weighted by molar-refractivity contribution is 5.81. The number of carbonyl (C=O) groups excluding carboxylic acids is 1. The van der Waals surface area contributed by atoms with Crippen molar-refractivity contribution in [2.24, 2.45) is 5.73 Å². The molecule has 1 saturated heterocycles. The third-order valence-electron chi connectivity index (χ3n) is 3.41. The number of piperazine rings is 1. The van der Waals surface area contributed by atoms with Crippen LogP contribution in [0.15, 0.2) is 24.3 Å². The summed E-state index contributed by atoms with van der Waals surface area (Å²) in [6.45, 7) is 5.35. The second-order valence-electron chi connectivity index (χ2n) is 4.70. The largest absolute Gasteiger partial charge is 0.492 e. The Labute approximate surface area is 113 Å². The van der Waals surface area contributed by atoms with Gasteiger partial charge in [0.25, 0.3) is 0 Å². The molecular formula is C14H21N3O2. The molecule has 1 amide bonds. The van der Waals surface area contributed by atoms with E-state index in [4.69, 9.17) is 10.5 Å². The Hall–Kier alpha value is -1.59. The topological polar surface area (TPSA) is 67.6 Å². The number of ether oxygens (including phenoxy) is 1. The molecule has 1 unspecified atom stereocenters. The Morgan fingerprint density at radius 1 is 1.53 bits per heavy atom. The first-order valence-electron chi connectivity index (χ1n) is 6.64. The van der Waals surface area contributed by atoms with Gasteiger partial charge in [0.05, 0.1) is 6.04 Å².